The van der Waals surface area contributed by atoms with E-state index in [1.54, 1.807) is 0 Å². The standard InChI is InChI=1S/C12H17ClN2O4S2/c1-2-3-9-4-6-14(7-5-9)21(18,19)11-8-10(15(16)17)12(13)20-11/h8-9H,2-7H2,1H3. The molecule has 1 aromatic rings. The number of halogens is 1. The summed E-state index contributed by atoms with van der Waals surface area (Å²) in [7, 11) is -3.67. The van der Waals surface area contributed by atoms with Gasteiger partial charge in [-0.2, -0.15) is 4.31 Å². The molecule has 9 heteroatoms. The maximum absolute atomic E-state index is 12.5. The highest BCUT2D eigenvalue weighted by molar-refractivity contribution is 7.91. The van der Waals surface area contributed by atoms with Crippen LogP contribution >= 0.6 is 22.9 Å². The van der Waals surface area contributed by atoms with Crippen LogP contribution < -0.4 is 0 Å². The van der Waals surface area contributed by atoms with Crippen molar-refractivity contribution in [2.45, 2.75) is 36.8 Å². The Kier molecular flexibility index (Phi) is 5.24. The highest BCUT2D eigenvalue weighted by Crippen LogP contribution is 2.38. The van der Waals surface area contributed by atoms with Crippen molar-refractivity contribution >= 4 is 38.6 Å². The Hall–Kier alpha value is -0.700. The van der Waals surface area contributed by atoms with Crippen LogP contribution in [0.5, 0.6) is 0 Å². The van der Waals surface area contributed by atoms with Crippen molar-refractivity contribution < 1.29 is 13.3 Å². The van der Waals surface area contributed by atoms with Crippen LogP contribution in [0.1, 0.15) is 32.6 Å². The van der Waals surface area contributed by atoms with E-state index >= 15 is 0 Å². The summed E-state index contributed by atoms with van der Waals surface area (Å²) in [5.41, 5.74) is -0.346. The normalized spacial score (nSPS) is 18.0. The van der Waals surface area contributed by atoms with Gasteiger partial charge in [0, 0.05) is 19.2 Å². The van der Waals surface area contributed by atoms with Crippen LogP contribution in [0.15, 0.2) is 10.3 Å². The van der Waals surface area contributed by atoms with Gasteiger partial charge in [-0.15, -0.1) is 11.3 Å². The molecule has 0 spiro atoms. The van der Waals surface area contributed by atoms with Crippen molar-refractivity contribution in [2.24, 2.45) is 5.92 Å². The Morgan fingerprint density at radius 2 is 2.10 bits per heavy atom. The number of thiophene rings is 1. The highest BCUT2D eigenvalue weighted by Gasteiger charge is 2.32. The summed E-state index contributed by atoms with van der Waals surface area (Å²) in [4.78, 5) is 10.1. The first-order valence-electron chi connectivity index (χ1n) is 6.80. The van der Waals surface area contributed by atoms with Crippen molar-refractivity contribution in [1.82, 2.24) is 4.31 Å². The van der Waals surface area contributed by atoms with Gasteiger partial charge in [0.25, 0.3) is 15.7 Å². The SMILES string of the molecule is CCCC1CCN(S(=O)(=O)c2cc([N+](=O)[O-])c(Cl)s2)CC1. The van der Waals surface area contributed by atoms with Crippen LogP contribution in [0.4, 0.5) is 5.69 Å². The summed E-state index contributed by atoms with van der Waals surface area (Å²) in [6.45, 7) is 3.06. The first-order chi connectivity index (χ1) is 9.86. The maximum atomic E-state index is 12.5. The molecule has 21 heavy (non-hydrogen) atoms. The van der Waals surface area contributed by atoms with Crippen molar-refractivity contribution in [3.8, 4) is 0 Å². The summed E-state index contributed by atoms with van der Waals surface area (Å²) in [5.74, 6) is 0.572. The summed E-state index contributed by atoms with van der Waals surface area (Å²) >= 11 is 6.49. The summed E-state index contributed by atoms with van der Waals surface area (Å²) in [5, 5.41) is 10.8. The first kappa shape index (κ1) is 16.7. The van der Waals surface area contributed by atoms with Gasteiger partial charge in [-0.25, -0.2) is 8.42 Å². The molecular formula is C12H17ClN2O4S2. The zero-order valence-corrected chi connectivity index (χ0v) is 14.0. The van der Waals surface area contributed by atoms with Crippen LogP contribution in [-0.2, 0) is 10.0 Å². The lowest BCUT2D eigenvalue weighted by molar-refractivity contribution is -0.384. The lowest BCUT2D eigenvalue weighted by atomic mass is 9.94. The van der Waals surface area contributed by atoms with E-state index in [9.17, 15) is 18.5 Å². The molecule has 1 saturated heterocycles. The number of hydrogen-bond donors (Lipinski definition) is 0. The second-order valence-electron chi connectivity index (χ2n) is 5.12. The molecule has 0 N–H and O–H groups in total. The minimum absolute atomic E-state index is 0.0480. The van der Waals surface area contributed by atoms with E-state index < -0.39 is 14.9 Å². The highest BCUT2D eigenvalue weighted by atomic mass is 35.5. The Bertz CT molecular complexity index is 621. The van der Waals surface area contributed by atoms with Crippen molar-refractivity contribution in [1.29, 1.82) is 0 Å². The minimum Gasteiger partial charge on any atom is -0.258 e. The van der Waals surface area contributed by atoms with Gasteiger partial charge in [0.15, 0.2) is 4.34 Å². The third-order valence-electron chi connectivity index (χ3n) is 3.71. The first-order valence-corrected chi connectivity index (χ1v) is 9.43. The quantitative estimate of drug-likeness (QED) is 0.599. The van der Waals surface area contributed by atoms with Gasteiger partial charge in [-0.1, -0.05) is 31.4 Å². The lowest BCUT2D eigenvalue weighted by Crippen LogP contribution is -2.38. The molecular weight excluding hydrogens is 336 g/mol. The Morgan fingerprint density at radius 1 is 1.48 bits per heavy atom. The number of piperidine rings is 1. The van der Waals surface area contributed by atoms with E-state index in [4.69, 9.17) is 11.6 Å². The van der Waals surface area contributed by atoms with Crippen LogP contribution in [0, 0.1) is 16.0 Å². The lowest BCUT2D eigenvalue weighted by Gasteiger charge is -2.30. The molecule has 0 bridgehead atoms. The molecule has 0 aromatic carbocycles. The van der Waals surface area contributed by atoms with E-state index in [1.165, 1.54) is 4.31 Å². The Labute approximate surface area is 132 Å². The zero-order chi connectivity index (χ0) is 15.6. The summed E-state index contributed by atoms with van der Waals surface area (Å²) in [6.07, 6.45) is 3.90. The molecule has 2 rings (SSSR count). The molecule has 1 aromatic heterocycles. The molecule has 0 unspecified atom stereocenters. The van der Waals surface area contributed by atoms with Gasteiger partial charge in [0.05, 0.1) is 4.92 Å². The molecule has 0 aliphatic carbocycles. The number of hydrogen-bond acceptors (Lipinski definition) is 5. The van der Waals surface area contributed by atoms with Crippen LogP contribution in [0.2, 0.25) is 4.34 Å². The molecule has 0 saturated carbocycles. The third-order valence-corrected chi connectivity index (χ3v) is 7.39. The molecule has 2 heterocycles. The largest absolute Gasteiger partial charge is 0.300 e. The van der Waals surface area contributed by atoms with E-state index in [-0.39, 0.29) is 14.2 Å². The topological polar surface area (TPSA) is 80.5 Å². The monoisotopic (exact) mass is 352 g/mol. The van der Waals surface area contributed by atoms with Gasteiger partial charge in [0.2, 0.25) is 0 Å². The van der Waals surface area contributed by atoms with Gasteiger partial charge in [-0.05, 0) is 18.8 Å². The van der Waals surface area contributed by atoms with Crippen molar-refractivity contribution in [3.05, 3.63) is 20.5 Å². The fraction of sp³-hybridized carbons (Fsp3) is 0.667. The predicted molar refractivity (Wildman–Crippen MR) is 82.4 cm³/mol. The number of rotatable bonds is 5. The second kappa shape index (κ2) is 6.60. The molecule has 118 valence electrons. The average Bonchev–Trinajstić information content (AvgIpc) is 2.83. The number of nitrogens with zero attached hydrogens (tertiary/aromatic N) is 2. The van der Waals surface area contributed by atoms with Gasteiger partial charge in [0.1, 0.15) is 4.21 Å². The number of sulfonamides is 1. The molecule has 0 radical (unpaired) electrons. The maximum Gasteiger partial charge on any atom is 0.300 e. The van der Waals surface area contributed by atoms with Crippen molar-refractivity contribution in [2.75, 3.05) is 13.1 Å². The minimum atomic E-state index is -3.67. The fourth-order valence-corrected chi connectivity index (χ4v) is 5.85. The van der Waals surface area contributed by atoms with E-state index in [0.29, 0.717) is 19.0 Å². The second-order valence-corrected chi connectivity index (χ2v) is 8.94. The van der Waals surface area contributed by atoms with E-state index in [1.807, 2.05) is 0 Å². The van der Waals surface area contributed by atoms with E-state index in [0.717, 1.165) is 43.1 Å². The number of nitro groups is 1. The summed E-state index contributed by atoms with van der Waals surface area (Å²) in [6, 6.07) is 1.06. The summed E-state index contributed by atoms with van der Waals surface area (Å²) < 4.78 is 26.3. The van der Waals surface area contributed by atoms with Crippen LogP contribution in [-0.4, -0.2) is 30.7 Å². The fourth-order valence-electron chi connectivity index (χ4n) is 2.56. The Balaban J connectivity index is 2.16. The third kappa shape index (κ3) is 3.56. The van der Waals surface area contributed by atoms with Crippen LogP contribution in [0.3, 0.4) is 0 Å². The van der Waals surface area contributed by atoms with Crippen molar-refractivity contribution in [3.63, 3.8) is 0 Å². The van der Waals surface area contributed by atoms with Crippen LogP contribution in [0.25, 0.3) is 0 Å². The molecule has 1 aliphatic heterocycles. The smallest absolute Gasteiger partial charge is 0.258 e. The van der Waals surface area contributed by atoms with E-state index in [2.05, 4.69) is 6.92 Å². The molecule has 1 fully saturated rings. The molecule has 0 atom stereocenters. The Morgan fingerprint density at radius 3 is 2.57 bits per heavy atom. The predicted octanol–water partition coefficient (Wildman–Crippen LogP) is 3.51. The van der Waals surface area contributed by atoms with Gasteiger partial charge < -0.3 is 0 Å². The molecule has 6 nitrogen and oxygen atoms in total. The molecule has 1 aliphatic rings. The van der Waals surface area contributed by atoms with Gasteiger partial charge >= 0.3 is 0 Å². The zero-order valence-electron chi connectivity index (χ0n) is 11.6. The average molecular weight is 353 g/mol. The molecule has 0 amide bonds. The van der Waals surface area contributed by atoms with Gasteiger partial charge in [-0.3, -0.25) is 10.1 Å².